The summed E-state index contributed by atoms with van der Waals surface area (Å²) in [5.41, 5.74) is -0.426. The summed E-state index contributed by atoms with van der Waals surface area (Å²) in [5, 5.41) is 8.98. The standard InChI is InChI=1S/C30H47NO7Si/c1-9-18-26(37-23-34-7)30(5,6)27(38-39(10-2,11-3)12-4)20-17-15-13-14-16-19-24(35-8)21-28-31-25(22-36-28)29(32)33/h9,15-19,22,24,26-27H,10-12,20-21,23H2,1-8H3,(H,32,33)/b17-15-,18-9+,19-16+/t24-,26+,27-/m0/s1. The van der Waals surface area contributed by atoms with E-state index in [-0.39, 0.29) is 36.2 Å². The smallest absolute Gasteiger partial charge is 0.357 e. The van der Waals surface area contributed by atoms with Crippen molar-refractivity contribution in [2.24, 2.45) is 5.41 Å². The van der Waals surface area contributed by atoms with Crippen molar-refractivity contribution in [3.63, 3.8) is 0 Å². The van der Waals surface area contributed by atoms with E-state index >= 15 is 0 Å². The molecule has 0 spiro atoms. The van der Waals surface area contributed by atoms with E-state index in [0.717, 1.165) is 24.4 Å². The maximum absolute atomic E-state index is 11.0. The van der Waals surface area contributed by atoms with Crippen LogP contribution >= 0.6 is 0 Å². The van der Waals surface area contributed by atoms with Gasteiger partial charge in [0.15, 0.2) is 19.9 Å². The number of aromatic carboxylic acids is 1. The summed E-state index contributed by atoms with van der Waals surface area (Å²) in [7, 11) is 1.32. The molecule has 0 aliphatic heterocycles. The maximum Gasteiger partial charge on any atom is 0.357 e. The largest absolute Gasteiger partial charge is 0.476 e. The molecular weight excluding hydrogens is 514 g/mol. The first-order valence-electron chi connectivity index (χ1n) is 13.6. The molecule has 0 saturated carbocycles. The molecule has 0 amide bonds. The average molecular weight is 562 g/mol. The zero-order valence-electron chi connectivity index (χ0n) is 24.9. The predicted molar refractivity (Wildman–Crippen MR) is 156 cm³/mol. The van der Waals surface area contributed by atoms with Crippen molar-refractivity contribution in [1.29, 1.82) is 0 Å². The lowest BCUT2D eigenvalue weighted by Crippen LogP contribution is -2.49. The van der Waals surface area contributed by atoms with Crippen LogP contribution < -0.4 is 0 Å². The zero-order chi connectivity index (χ0) is 29.3. The highest BCUT2D eigenvalue weighted by molar-refractivity contribution is 6.73. The van der Waals surface area contributed by atoms with Crippen LogP contribution in [0.5, 0.6) is 0 Å². The van der Waals surface area contributed by atoms with Crippen LogP contribution in [-0.4, -0.2) is 63.7 Å². The Balaban J connectivity index is 2.98. The minimum atomic E-state index is -1.88. The molecule has 0 saturated heterocycles. The topological polar surface area (TPSA) is 100 Å². The summed E-state index contributed by atoms with van der Waals surface area (Å²) in [6.45, 7) is 13.3. The summed E-state index contributed by atoms with van der Waals surface area (Å²) >= 11 is 0. The summed E-state index contributed by atoms with van der Waals surface area (Å²) in [4.78, 5) is 14.9. The van der Waals surface area contributed by atoms with Crippen LogP contribution in [0.1, 0.15) is 64.3 Å². The monoisotopic (exact) mass is 561 g/mol. The SMILES string of the molecule is C/C=C/[C@@H](OCOC)C(C)(C)[C@H](C/C=C\C#C/C=C/[C@@H](Cc1nc(C(=O)O)co1)OC)O[Si](CC)(CC)CC. The van der Waals surface area contributed by atoms with Gasteiger partial charge in [0.25, 0.3) is 0 Å². The van der Waals surface area contributed by atoms with Gasteiger partial charge in [-0.25, -0.2) is 9.78 Å². The van der Waals surface area contributed by atoms with E-state index in [1.54, 1.807) is 26.4 Å². The van der Waals surface area contributed by atoms with Crippen molar-refractivity contribution >= 4 is 14.3 Å². The Morgan fingerprint density at radius 3 is 2.36 bits per heavy atom. The van der Waals surface area contributed by atoms with E-state index in [1.165, 1.54) is 0 Å². The van der Waals surface area contributed by atoms with E-state index < -0.39 is 14.3 Å². The van der Waals surface area contributed by atoms with Gasteiger partial charge in [-0.3, -0.25) is 0 Å². The number of rotatable bonds is 18. The Morgan fingerprint density at radius 1 is 1.15 bits per heavy atom. The molecule has 218 valence electrons. The molecule has 1 N–H and O–H groups in total. The van der Waals surface area contributed by atoms with Gasteiger partial charge in [-0.15, -0.1) is 0 Å². The van der Waals surface area contributed by atoms with Crippen LogP contribution in [0.15, 0.2) is 47.1 Å². The molecule has 1 heterocycles. The van der Waals surface area contributed by atoms with Gasteiger partial charge in [0, 0.05) is 19.6 Å². The molecule has 1 aromatic heterocycles. The first-order valence-corrected chi connectivity index (χ1v) is 16.1. The quantitative estimate of drug-likeness (QED) is 0.0949. The van der Waals surface area contributed by atoms with E-state index in [9.17, 15) is 4.79 Å². The third-order valence-corrected chi connectivity index (χ3v) is 11.7. The minimum Gasteiger partial charge on any atom is -0.476 e. The first kappa shape index (κ1) is 34.5. The summed E-state index contributed by atoms with van der Waals surface area (Å²) in [6.07, 6.45) is 13.1. The van der Waals surface area contributed by atoms with Gasteiger partial charge >= 0.3 is 5.97 Å². The summed E-state index contributed by atoms with van der Waals surface area (Å²) in [5.74, 6) is 5.21. The van der Waals surface area contributed by atoms with E-state index in [4.69, 9.17) is 28.2 Å². The van der Waals surface area contributed by atoms with Crippen LogP contribution in [0.2, 0.25) is 18.1 Å². The van der Waals surface area contributed by atoms with E-state index in [0.29, 0.717) is 18.7 Å². The Hall–Kier alpha value is -2.48. The number of aromatic nitrogens is 1. The highest BCUT2D eigenvalue weighted by atomic mass is 28.4. The summed E-state index contributed by atoms with van der Waals surface area (Å²) < 4.78 is 28.9. The number of oxazole rings is 1. The normalized spacial score (nSPS) is 15.1. The second-order valence-electron chi connectivity index (χ2n) is 9.89. The second-order valence-corrected chi connectivity index (χ2v) is 14.6. The lowest BCUT2D eigenvalue weighted by atomic mass is 9.79. The van der Waals surface area contributed by atoms with Crippen LogP contribution in [0.25, 0.3) is 0 Å². The van der Waals surface area contributed by atoms with Crippen LogP contribution in [0.4, 0.5) is 0 Å². The van der Waals surface area contributed by atoms with Crippen molar-refractivity contribution in [3.05, 3.63) is 54.3 Å². The highest BCUT2D eigenvalue weighted by Gasteiger charge is 2.42. The minimum absolute atomic E-state index is 0.0509. The first-order chi connectivity index (χ1) is 18.6. The molecule has 3 atom stereocenters. The molecule has 0 aliphatic rings. The number of ether oxygens (including phenoxy) is 3. The second kappa shape index (κ2) is 18.0. The van der Waals surface area contributed by atoms with Gasteiger partial charge in [-0.2, -0.15) is 0 Å². The molecule has 0 aliphatic carbocycles. The Morgan fingerprint density at radius 2 is 1.82 bits per heavy atom. The predicted octanol–water partition coefficient (Wildman–Crippen LogP) is 6.42. The molecule has 0 fully saturated rings. The maximum atomic E-state index is 11.0. The Bertz CT molecular complexity index is 990. The molecule has 9 heteroatoms. The van der Waals surface area contributed by atoms with Gasteiger partial charge in [0.1, 0.15) is 13.1 Å². The van der Waals surface area contributed by atoms with Gasteiger partial charge in [0.05, 0.1) is 24.7 Å². The summed E-state index contributed by atoms with van der Waals surface area (Å²) in [6, 6.07) is 3.21. The average Bonchev–Trinajstić information content (AvgIpc) is 3.40. The molecule has 1 rings (SSSR count). The number of hydrogen-bond donors (Lipinski definition) is 1. The molecule has 8 nitrogen and oxygen atoms in total. The zero-order valence-corrected chi connectivity index (χ0v) is 25.9. The highest BCUT2D eigenvalue weighted by Crippen LogP contribution is 2.37. The fraction of sp³-hybridized carbons (Fsp3) is 0.600. The van der Waals surface area contributed by atoms with E-state index in [1.807, 2.05) is 19.1 Å². The fourth-order valence-electron chi connectivity index (χ4n) is 4.23. The van der Waals surface area contributed by atoms with Crippen LogP contribution in [0, 0.1) is 17.3 Å². The van der Waals surface area contributed by atoms with Gasteiger partial charge in [-0.05, 0) is 49.7 Å². The molecular formula is C30H47NO7Si. The molecule has 0 radical (unpaired) electrons. The molecule has 0 bridgehead atoms. The fourth-order valence-corrected chi connectivity index (χ4v) is 7.23. The number of carbonyl (C=O) groups is 1. The van der Waals surface area contributed by atoms with Gasteiger partial charge in [0.2, 0.25) is 0 Å². The molecule has 0 aromatic carbocycles. The number of allylic oxidation sites excluding steroid dienone is 3. The van der Waals surface area contributed by atoms with Crippen molar-refractivity contribution in [2.75, 3.05) is 21.0 Å². The molecule has 0 unspecified atom stereocenters. The Labute approximate surface area is 235 Å². The van der Waals surface area contributed by atoms with E-state index in [2.05, 4.69) is 63.6 Å². The van der Waals surface area contributed by atoms with Crippen molar-refractivity contribution in [2.45, 2.75) is 90.8 Å². The van der Waals surface area contributed by atoms with Gasteiger partial charge < -0.3 is 28.2 Å². The third-order valence-electron chi connectivity index (χ3n) is 7.10. The lowest BCUT2D eigenvalue weighted by molar-refractivity contribution is -0.116. The van der Waals surface area contributed by atoms with Crippen molar-refractivity contribution in [1.82, 2.24) is 4.98 Å². The lowest BCUT2D eigenvalue weighted by Gasteiger charge is -2.44. The molecule has 1 aromatic rings. The van der Waals surface area contributed by atoms with Gasteiger partial charge in [-0.1, -0.05) is 64.7 Å². The van der Waals surface area contributed by atoms with Crippen LogP contribution in [-0.2, 0) is 25.1 Å². The Kier molecular flexibility index (Phi) is 15.9. The third kappa shape index (κ3) is 11.3. The number of nitrogens with zero attached hydrogens (tertiary/aromatic N) is 1. The number of methoxy groups -OCH3 is 2. The number of carboxylic acid groups (broad SMARTS) is 1. The van der Waals surface area contributed by atoms with Crippen molar-refractivity contribution < 1.29 is 33.0 Å². The number of carboxylic acids is 1. The number of hydrogen-bond acceptors (Lipinski definition) is 7. The van der Waals surface area contributed by atoms with Crippen molar-refractivity contribution in [3.8, 4) is 11.8 Å². The molecule has 39 heavy (non-hydrogen) atoms. The van der Waals surface area contributed by atoms with Crippen LogP contribution in [0.3, 0.4) is 0 Å².